The first-order valence-corrected chi connectivity index (χ1v) is 9.91. The second kappa shape index (κ2) is 11.3. The molecule has 0 saturated heterocycles. The molecule has 0 atom stereocenters. The Morgan fingerprint density at radius 2 is 1.62 bits per heavy atom. The molecule has 2 aromatic carbocycles. The van der Waals surface area contributed by atoms with Crippen LogP contribution in [0.25, 0.3) is 0 Å². The quantitative estimate of drug-likeness (QED) is 0.501. The Morgan fingerprint density at radius 3 is 2.21 bits per heavy atom. The standard InChI is InChI=1S/C23H34N4O2/c1-17(2)27(4)16-20-10-8-7-9-18(20)14-25-23(24-3)26-15-19-11-12-21(28-5)13-22(19)29-6/h7-13,17H,14-16H2,1-6H3,(H2,24,25,26). The van der Waals surface area contributed by atoms with E-state index in [4.69, 9.17) is 9.47 Å². The minimum absolute atomic E-state index is 0.505. The van der Waals surface area contributed by atoms with Crippen LogP contribution >= 0.6 is 0 Å². The van der Waals surface area contributed by atoms with Gasteiger partial charge in [0.25, 0.3) is 0 Å². The molecule has 2 N–H and O–H groups in total. The molecule has 0 aliphatic rings. The predicted molar refractivity (Wildman–Crippen MR) is 120 cm³/mol. The first-order chi connectivity index (χ1) is 14.0. The second-order valence-corrected chi connectivity index (χ2v) is 7.23. The molecular formula is C23H34N4O2. The lowest BCUT2D eigenvalue weighted by molar-refractivity contribution is 0.265. The summed E-state index contributed by atoms with van der Waals surface area (Å²) in [4.78, 5) is 6.68. The fourth-order valence-electron chi connectivity index (χ4n) is 2.91. The van der Waals surface area contributed by atoms with Gasteiger partial charge in [-0.3, -0.25) is 9.89 Å². The summed E-state index contributed by atoms with van der Waals surface area (Å²) in [5.41, 5.74) is 3.63. The van der Waals surface area contributed by atoms with Crippen LogP contribution in [0.5, 0.6) is 11.5 Å². The summed E-state index contributed by atoms with van der Waals surface area (Å²) in [5.74, 6) is 2.31. The van der Waals surface area contributed by atoms with Gasteiger partial charge in [0, 0.05) is 44.4 Å². The van der Waals surface area contributed by atoms with E-state index in [1.54, 1.807) is 21.3 Å². The van der Waals surface area contributed by atoms with Gasteiger partial charge in [-0.1, -0.05) is 24.3 Å². The van der Waals surface area contributed by atoms with Crippen molar-refractivity contribution in [3.63, 3.8) is 0 Å². The predicted octanol–water partition coefficient (Wildman–Crippen LogP) is 3.41. The van der Waals surface area contributed by atoms with E-state index in [1.165, 1.54) is 11.1 Å². The minimum atomic E-state index is 0.505. The molecule has 0 aromatic heterocycles. The fraction of sp³-hybridized carbons (Fsp3) is 0.435. The highest BCUT2D eigenvalue weighted by Crippen LogP contribution is 2.24. The Labute approximate surface area is 174 Å². The van der Waals surface area contributed by atoms with E-state index in [1.807, 2.05) is 18.2 Å². The van der Waals surface area contributed by atoms with E-state index < -0.39 is 0 Å². The highest BCUT2D eigenvalue weighted by atomic mass is 16.5. The van der Waals surface area contributed by atoms with Crippen LogP contribution in [-0.2, 0) is 19.6 Å². The summed E-state index contributed by atoms with van der Waals surface area (Å²) in [6.07, 6.45) is 0. The van der Waals surface area contributed by atoms with Gasteiger partial charge in [-0.25, -0.2) is 0 Å². The third-order valence-corrected chi connectivity index (χ3v) is 5.03. The third-order valence-electron chi connectivity index (χ3n) is 5.03. The van der Waals surface area contributed by atoms with Gasteiger partial charge in [0.2, 0.25) is 0 Å². The summed E-state index contributed by atoms with van der Waals surface area (Å²) >= 11 is 0. The summed E-state index contributed by atoms with van der Waals surface area (Å²) in [7, 11) is 7.24. The van der Waals surface area contributed by atoms with Crippen molar-refractivity contribution >= 4 is 5.96 Å². The molecule has 29 heavy (non-hydrogen) atoms. The van der Waals surface area contributed by atoms with Crippen molar-refractivity contribution < 1.29 is 9.47 Å². The van der Waals surface area contributed by atoms with Crippen molar-refractivity contribution in [3.8, 4) is 11.5 Å². The Balaban J connectivity index is 1.98. The van der Waals surface area contributed by atoms with E-state index in [-0.39, 0.29) is 0 Å². The number of nitrogens with one attached hydrogen (secondary N) is 2. The normalized spacial score (nSPS) is 11.7. The van der Waals surface area contributed by atoms with Crippen molar-refractivity contribution in [2.75, 3.05) is 28.3 Å². The smallest absolute Gasteiger partial charge is 0.191 e. The van der Waals surface area contributed by atoms with Gasteiger partial charge in [-0.15, -0.1) is 0 Å². The van der Waals surface area contributed by atoms with E-state index in [0.29, 0.717) is 19.1 Å². The van der Waals surface area contributed by atoms with Gasteiger partial charge in [-0.2, -0.15) is 0 Å². The average molecular weight is 399 g/mol. The van der Waals surface area contributed by atoms with E-state index in [0.717, 1.165) is 29.6 Å². The molecule has 0 spiro atoms. The Kier molecular flexibility index (Phi) is 8.80. The van der Waals surface area contributed by atoms with Gasteiger partial charge >= 0.3 is 0 Å². The maximum Gasteiger partial charge on any atom is 0.191 e. The summed E-state index contributed by atoms with van der Waals surface area (Å²) < 4.78 is 10.7. The molecule has 0 aliphatic heterocycles. The average Bonchev–Trinajstić information content (AvgIpc) is 2.74. The number of guanidine groups is 1. The van der Waals surface area contributed by atoms with Crippen LogP contribution in [0.2, 0.25) is 0 Å². The lowest BCUT2D eigenvalue weighted by Gasteiger charge is -2.23. The summed E-state index contributed by atoms with van der Waals surface area (Å²) in [6, 6.07) is 14.8. The third kappa shape index (κ3) is 6.68. The number of ether oxygens (including phenoxy) is 2. The highest BCUT2D eigenvalue weighted by Gasteiger charge is 2.09. The number of aliphatic imine (C=N–C) groups is 1. The Hall–Kier alpha value is -2.73. The van der Waals surface area contributed by atoms with Crippen molar-refractivity contribution in [3.05, 3.63) is 59.2 Å². The summed E-state index contributed by atoms with van der Waals surface area (Å²) in [6.45, 7) is 6.65. The zero-order valence-electron chi connectivity index (χ0n) is 18.5. The molecular weight excluding hydrogens is 364 g/mol. The monoisotopic (exact) mass is 398 g/mol. The molecule has 6 heteroatoms. The van der Waals surface area contributed by atoms with Gasteiger partial charge in [0.15, 0.2) is 5.96 Å². The van der Waals surface area contributed by atoms with Gasteiger partial charge < -0.3 is 20.1 Å². The SMILES string of the molecule is CN=C(NCc1ccccc1CN(C)C(C)C)NCc1ccc(OC)cc1OC. The van der Waals surface area contributed by atoms with E-state index in [2.05, 4.69) is 65.7 Å². The maximum absolute atomic E-state index is 5.47. The van der Waals surface area contributed by atoms with Gasteiger partial charge in [0.1, 0.15) is 11.5 Å². The Morgan fingerprint density at radius 1 is 0.966 bits per heavy atom. The molecule has 6 nitrogen and oxygen atoms in total. The van der Waals surface area contributed by atoms with E-state index >= 15 is 0 Å². The minimum Gasteiger partial charge on any atom is -0.497 e. The number of nitrogens with zero attached hydrogens (tertiary/aromatic N) is 2. The number of benzene rings is 2. The molecule has 0 saturated carbocycles. The molecule has 0 bridgehead atoms. The zero-order valence-corrected chi connectivity index (χ0v) is 18.5. The molecule has 0 heterocycles. The van der Waals surface area contributed by atoms with Crippen molar-refractivity contribution in [1.82, 2.24) is 15.5 Å². The van der Waals surface area contributed by atoms with Crippen LogP contribution in [-0.4, -0.2) is 45.2 Å². The van der Waals surface area contributed by atoms with Crippen molar-refractivity contribution in [2.45, 2.75) is 39.5 Å². The fourth-order valence-corrected chi connectivity index (χ4v) is 2.91. The van der Waals surface area contributed by atoms with Crippen LogP contribution in [0.4, 0.5) is 0 Å². The topological polar surface area (TPSA) is 58.1 Å². The van der Waals surface area contributed by atoms with Crippen molar-refractivity contribution in [2.24, 2.45) is 4.99 Å². The number of hydrogen-bond donors (Lipinski definition) is 2. The number of hydrogen-bond acceptors (Lipinski definition) is 4. The van der Waals surface area contributed by atoms with Gasteiger partial charge in [-0.05, 0) is 44.2 Å². The molecule has 0 aliphatic carbocycles. The molecule has 2 aromatic rings. The van der Waals surface area contributed by atoms with Crippen LogP contribution in [0.1, 0.15) is 30.5 Å². The first kappa shape index (κ1) is 22.6. The molecule has 2 rings (SSSR count). The van der Waals surface area contributed by atoms with Crippen LogP contribution < -0.4 is 20.1 Å². The van der Waals surface area contributed by atoms with Crippen molar-refractivity contribution in [1.29, 1.82) is 0 Å². The van der Waals surface area contributed by atoms with Crippen LogP contribution in [0.15, 0.2) is 47.5 Å². The molecule has 0 radical (unpaired) electrons. The molecule has 0 unspecified atom stereocenters. The maximum atomic E-state index is 5.47. The largest absolute Gasteiger partial charge is 0.497 e. The molecule has 0 amide bonds. The second-order valence-electron chi connectivity index (χ2n) is 7.23. The molecule has 158 valence electrons. The lowest BCUT2D eigenvalue weighted by atomic mass is 10.1. The lowest BCUT2D eigenvalue weighted by Crippen LogP contribution is -2.36. The Bertz CT molecular complexity index is 805. The zero-order chi connectivity index (χ0) is 21.2. The first-order valence-electron chi connectivity index (χ1n) is 9.91. The van der Waals surface area contributed by atoms with Crippen LogP contribution in [0.3, 0.4) is 0 Å². The van der Waals surface area contributed by atoms with E-state index in [9.17, 15) is 0 Å². The van der Waals surface area contributed by atoms with Crippen LogP contribution in [0, 0.1) is 0 Å². The number of methoxy groups -OCH3 is 2. The molecule has 0 fully saturated rings. The number of rotatable bonds is 9. The highest BCUT2D eigenvalue weighted by molar-refractivity contribution is 5.79. The van der Waals surface area contributed by atoms with Gasteiger partial charge in [0.05, 0.1) is 14.2 Å². The summed E-state index contributed by atoms with van der Waals surface area (Å²) in [5, 5.41) is 6.77.